The first-order valence-electron chi connectivity index (χ1n) is 19.7. The number of pyridine rings is 1. The first-order valence-corrected chi connectivity index (χ1v) is 20.5. The lowest BCUT2D eigenvalue weighted by molar-refractivity contribution is 0.767. The minimum atomic E-state index is -0.567. The Bertz CT molecular complexity index is 3270. The highest BCUT2D eigenvalue weighted by atomic mass is 32.1. The van der Waals surface area contributed by atoms with Crippen LogP contribution in [0, 0.1) is 0 Å². The van der Waals surface area contributed by atoms with Crippen molar-refractivity contribution in [1.82, 2.24) is 15.0 Å². The van der Waals surface area contributed by atoms with E-state index >= 15 is 0 Å². The predicted octanol–water partition coefficient (Wildman–Crippen LogP) is 13.8. The maximum absolute atomic E-state index is 5.31. The van der Waals surface area contributed by atoms with Crippen molar-refractivity contribution in [3.8, 4) is 56.2 Å². The van der Waals surface area contributed by atoms with E-state index in [1.807, 2.05) is 41.8 Å². The lowest BCUT2D eigenvalue weighted by Crippen LogP contribution is -2.30. The lowest BCUT2D eigenvalue weighted by atomic mass is 9.65. The van der Waals surface area contributed by atoms with Crippen LogP contribution >= 0.6 is 11.3 Å². The van der Waals surface area contributed by atoms with Crippen molar-refractivity contribution in [2.45, 2.75) is 5.41 Å². The third-order valence-corrected chi connectivity index (χ3v) is 13.2. The molecule has 3 aromatic heterocycles. The number of aromatic nitrogens is 3. The summed E-state index contributed by atoms with van der Waals surface area (Å²) in [6.45, 7) is 0. The van der Waals surface area contributed by atoms with E-state index in [9.17, 15) is 0 Å². The molecule has 0 N–H and O–H groups in total. The highest BCUT2D eigenvalue weighted by molar-refractivity contribution is 7.26. The van der Waals surface area contributed by atoms with Crippen LogP contribution in [0.15, 0.2) is 188 Å². The Morgan fingerprint density at radius 3 is 1.97 bits per heavy atom. The van der Waals surface area contributed by atoms with Crippen LogP contribution in [-0.2, 0) is 5.41 Å². The Balaban J connectivity index is 1.11. The van der Waals surface area contributed by atoms with Gasteiger partial charge in [-0.1, -0.05) is 164 Å². The molecule has 1 spiro atoms. The highest BCUT2D eigenvalue weighted by Crippen LogP contribution is 2.61. The third-order valence-electron chi connectivity index (χ3n) is 12.0. The van der Waals surface area contributed by atoms with Crippen LogP contribution < -0.4 is 0 Å². The summed E-state index contributed by atoms with van der Waals surface area (Å²) >= 11 is 1.91. The van der Waals surface area contributed by atoms with Gasteiger partial charge in [-0.3, -0.25) is 4.98 Å². The molecule has 7 aromatic carbocycles. The summed E-state index contributed by atoms with van der Waals surface area (Å²) in [5.41, 5.74) is 16.7. The molecule has 2 aliphatic rings. The number of benzene rings is 7. The molecule has 1 atom stereocenters. The number of thiophene rings is 1. The van der Waals surface area contributed by atoms with Gasteiger partial charge in [-0.25, -0.2) is 9.97 Å². The topological polar surface area (TPSA) is 38.7 Å². The van der Waals surface area contributed by atoms with Crippen LogP contribution in [0.2, 0.25) is 0 Å². The normalized spacial score (nSPS) is 14.9. The predicted molar refractivity (Wildman–Crippen MR) is 241 cm³/mol. The average molecular weight is 756 g/mol. The van der Waals surface area contributed by atoms with Gasteiger partial charge in [0, 0.05) is 54.8 Å². The fourth-order valence-corrected chi connectivity index (χ4v) is 10.7. The van der Waals surface area contributed by atoms with Crippen LogP contribution in [0.25, 0.3) is 88.5 Å². The van der Waals surface area contributed by atoms with Crippen LogP contribution in [0.3, 0.4) is 0 Å². The number of hydrogen-bond acceptors (Lipinski definition) is 4. The molecule has 58 heavy (non-hydrogen) atoms. The summed E-state index contributed by atoms with van der Waals surface area (Å²) in [4.78, 5) is 14.8. The molecule has 0 fully saturated rings. The molecule has 1 unspecified atom stereocenters. The van der Waals surface area contributed by atoms with Gasteiger partial charge in [-0.05, 0) is 74.3 Å². The lowest BCUT2D eigenvalue weighted by Gasteiger charge is -2.35. The van der Waals surface area contributed by atoms with E-state index in [-0.39, 0.29) is 0 Å². The molecule has 270 valence electrons. The van der Waals surface area contributed by atoms with Crippen LogP contribution in [0.1, 0.15) is 33.4 Å². The van der Waals surface area contributed by atoms with Gasteiger partial charge in [0.1, 0.15) is 0 Å². The first kappa shape index (κ1) is 32.9. The SMILES string of the molecule is C1=Cc2ccc(-c3cc(-c4ccc(-c5cccnc5)cc4)nc(-c4ccccc4)n3)cc2C2(c3ccccc31)c1ccccc1-c1c2ccc2c1sc1ccccc12. The highest BCUT2D eigenvalue weighted by Gasteiger charge is 2.49. The zero-order valence-electron chi connectivity index (χ0n) is 31.3. The molecule has 0 bridgehead atoms. The monoisotopic (exact) mass is 755 g/mol. The fraction of sp³-hybridized carbons (Fsp3) is 0.0185. The molecule has 0 aliphatic heterocycles. The summed E-state index contributed by atoms with van der Waals surface area (Å²) in [5, 5.41) is 2.63. The smallest absolute Gasteiger partial charge is 0.160 e. The standard InChI is InChI=1S/C54H33N3S/c1-2-12-38(13-3-1)53-56-48(37-25-20-34(21-26-37)40-14-10-30-55-33-40)32-49(57-53)39-27-24-36-23-22-35-11-4-7-17-44(35)54(47(36)31-39)45-18-8-5-16-43(45)51-46(54)29-28-42-41-15-6-9-19-50(41)58-52(42)51/h1-33H. The number of hydrogen-bond donors (Lipinski definition) is 0. The van der Waals surface area contributed by atoms with E-state index in [1.165, 1.54) is 64.7 Å². The van der Waals surface area contributed by atoms with Crippen molar-refractivity contribution in [2.24, 2.45) is 0 Å². The molecule has 10 aromatic rings. The van der Waals surface area contributed by atoms with Gasteiger partial charge in [-0.15, -0.1) is 11.3 Å². The minimum Gasteiger partial charge on any atom is -0.264 e. The zero-order valence-corrected chi connectivity index (χ0v) is 32.1. The van der Waals surface area contributed by atoms with Gasteiger partial charge in [-0.2, -0.15) is 0 Å². The van der Waals surface area contributed by atoms with E-state index in [0.717, 1.165) is 39.2 Å². The van der Waals surface area contributed by atoms with Crippen molar-refractivity contribution in [1.29, 1.82) is 0 Å². The van der Waals surface area contributed by atoms with Crippen molar-refractivity contribution in [3.05, 3.63) is 222 Å². The van der Waals surface area contributed by atoms with Crippen molar-refractivity contribution in [3.63, 3.8) is 0 Å². The average Bonchev–Trinajstić information content (AvgIpc) is 3.78. The van der Waals surface area contributed by atoms with E-state index in [2.05, 4.69) is 169 Å². The molecule has 0 amide bonds. The van der Waals surface area contributed by atoms with Crippen molar-refractivity contribution >= 4 is 43.7 Å². The largest absolute Gasteiger partial charge is 0.264 e. The second-order valence-corrected chi connectivity index (χ2v) is 16.2. The first-order chi connectivity index (χ1) is 28.7. The molecule has 0 saturated carbocycles. The quantitative estimate of drug-likeness (QED) is 0.180. The zero-order chi connectivity index (χ0) is 38.2. The van der Waals surface area contributed by atoms with Gasteiger partial charge in [0.05, 0.1) is 16.8 Å². The van der Waals surface area contributed by atoms with Crippen LogP contribution in [0.4, 0.5) is 0 Å². The summed E-state index contributed by atoms with van der Waals surface area (Å²) in [7, 11) is 0. The van der Waals surface area contributed by atoms with Gasteiger partial charge in [0.15, 0.2) is 5.82 Å². The molecule has 12 rings (SSSR count). The Hall–Kier alpha value is -7.27. The summed E-state index contributed by atoms with van der Waals surface area (Å²) in [6, 6.07) is 63.7. The fourth-order valence-electron chi connectivity index (χ4n) is 9.44. The number of fused-ring (bicyclic) bond motifs is 13. The third kappa shape index (κ3) is 4.89. The van der Waals surface area contributed by atoms with E-state index in [1.54, 1.807) is 6.20 Å². The van der Waals surface area contributed by atoms with Crippen LogP contribution in [-0.4, -0.2) is 15.0 Å². The second kappa shape index (κ2) is 12.9. The Morgan fingerprint density at radius 1 is 0.431 bits per heavy atom. The van der Waals surface area contributed by atoms with Gasteiger partial charge < -0.3 is 0 Å². The molecule has 2 aliphatic carbocycles. The van der Waals surface area contributed by atoms with Gasteiger partial charge >= 0.3 is 0 Å². The summed E-state index contributed by atoms with van der Waals surface area (Å²) in [5.74, 6) is 0.697. The Morgan fingerprint density at radius 2 is 1.12 bits per heavy atom. The second-order valence-electron chi connectivity index (χ2n) is 15.1. The molecule has 4 heteroatoms. The Kier molecular flexibility index (Phi) is 7.31. The number of rotatable bonds is 4. The van der Waals surface area contributed by atoms with Gasteiger partial charge in [0.2, 0.25) is 0 Å². The minimum absolute atomic E-state index is 0.567. The molecule has 3 heterocycles. The van der Waals surface area contributed by atoms with Crippen molar-refractivity contribution in [2.75, 3.05) is 0 Å². The Labute approximate surface area is 340 Å². The van der Waals surface area contributed by atoms with Gasteiger partial charge in [0.25, 0.3) is 0 Å². The molecule has 0 saturated heterocycles. The summed E-state index contributed by atoms with van der Waals surface area (Å²) < 4.78 is 2.66. The maximum Gasteiger partial charge on any atom is 0.160 e. The van der Waals surface area contributed by atoms with E-state index < -0.39 is 5.41 Å². The molecular formula is C54H33N3S. The maximum atomic E-state index is 5.31. The molecular weight excluding hydrogens is 723 g/mol. The van der Waals surface area contributed by atoms with E-state index in [0.29, 0.717) is 5.82 Å². The van der Waals surface area contributed by atoms with Crippen LogP contribution in [0.5, 0.6) is 0 Å². The molecule has 0 radical (unpaired) electrons. The van der Waals surface area contributed by atoms with E-state index in [4.69, 9.17) is 9.97 Å². The summed E-state index contributed by atoms with van der Waals surface area (Å²) in [6.07, 6.45) is 8.30. The molecule has 3 nitrogen and oxygen atoms in total. The van der Waals surface area contributed by atoms with Crippen molar-refractivity contribution < 1.29 is 0 Å². The number of nitrogens with zero attached hydrogens (tertiary/aromatic N) is 3.